The lowest BCUT2D eigenvalue weighted by atomic mass is 10.1. The van der Waals surface area contributed by atoms with Crippen LogP contribution in [0.15, 0.2) is 58.2 Å². The summed E-state index contributed by atoms with van der Waals surface area (Å²) < 4.78 is 5.65. The van der Waals surface area contributed by atoms with Crippen molar-refractivity contribution in [3.63, 3.8) is 0 Å². The van der Waals surface area contributed by atoms with Crippen LogP contribution in [0, 0.1) is 6.92 Å². The zero-order chi connectivity index (χ0) is 23.2. The van der Waals surface area contributed by atoms with Crippen LogP contribution in [0.3, 0.4) is 0 Å². The number of rotatable bonds is 7. The van der Waals surface area contributed by atoms with Crippen LogP contribution >= 0.6 is 11.8 Å². The molecule has 1 aromatic heterocycles. The van der Waals surface area contributed by atoms with Crippen molar-refractivity contribution in [1.29, 1.82) is 0 Å². The second-order valence-electron chi connectivity index (χ2n) is 7.84. The number of thioether (sulfide) groups is 1. The van der Waals surface area contributed by atoms with Gasteiger partial charge in [-0.1, -0.05) is 36.4 Å². The average Bonchev–Trinajstić information content (AvgIpc) is 3.32. The van der Waals surface area contributed by atoms with E-state index in [9.17, 15) is 9.59 Å². The van der Waals surface area contributed by atoms with Gasteiger partial charge in [0.2, 0.25) is 17.7 Å². The Kier molecular flexibility index (Phi) is 7.29. The van der Waals surface area contributed by atoms with Crippen LogP contribution in [0.2, 0.25) is 0 Å². The van der Waals surface area contributed by atoms with Crippen molar-refractivity contribution < 1.29 is 14.0 Å². The minimum absolute atomic E-state index is 0.144. The van der Waals surface area contributed by atoms with Gasteiger partial charge in [-0.15, -0.1) is 10.2 Å². The summed E-state index contributed by atoms with van der Waals surface area (Å²) in [6.07, 6.45) is 0.549. The van der Waals surface area contributed by atoms with Crippen LogP contribution in [0.25, 0.3) is 11.5 Å². The molecule has 0 bridgehead atoms. The highest BCUT2D eigenvalue weighted by atomic mass is 32.2. The minimum atomic E-state index is -0.144. The molecule has 0 aliphatic carbocycles. The summed E-state index contributed by atoms with van der Waals surface area (Å²) in [4.78, 5) is 28.3. The molecule has 0 saturated carbocycles. The Morgan fingerprint density at radius 3 is 2.36 bits per heavy atom. The first-order valence-corrected chi connectivity index (χ1v) is 12.0. The SMILES string of the molecule is CCC(=O)N1CCN(c2ccc(NC(=O)CSc3nnc(-c4ccc(C)cc4)o3)cc2)CC1. The van der Waals surface area contributed by atoms with Crippen LogP contribution in [0.5, 0.6) is 0 Å². The van der Waals surface area contributed by atoms with E-state index in [1.54, 1.807) is 0 Å². The van der Waals surface area contributed by atoms with Crippen molar-refractivity contribution in [3.8, 4) is 11.5 Å². The predicted octanol–water partition coefficient (Wildman–Crippen LogP) is 3.83. The van der Waals surface area contributed by atoms with Gasteiger partial charge < -0.3 is 19.5 Å². The highest BCUT2D eigenvalue weighted by Crippen LogP contribution is 2.24. The molecule has 8 nitrogen and oxygen atoms in total. The lowest BCUT2D eigenvalue weighted by Crippen LogP contribution is -2.48. The van der Waals surface area contributed by atoms with Gasteiger partial charge in [0.15, 0.2) is 0 Å². The van der Waals surface area contributed by atoms with Gasteiger partial charge in [-0.05, 0) is 43.3 Å². The molecular formula is C24H27N5O3S. The van der Waals surface area contributed by atoms with Gasteiger partial charge in [0.25, 0.3) is 5.22 Å². The molecule has 0 radical (unpaired) electrons. The fourth-order valence-electron chi connectivity index (χ4n) is 3.60. The van der Waals surface area contributed by atoms with Gasteiger partial charge in [-0.2, -0.15) is 0 Å². The Balaban J connectivity index is 1.25. The molecule has 1 saturated heterocycles. The minimum Gasteiger partial charge on any atom is -0.411 e. The second-order valence-corrected chi connectivity index (χ2v) is 8.77. The number of hydrogen-bond acceptors (Lipinski definition) is 7. The highest BCUT2D eigenvalue weighted by Gasteiger charge is 2.20. The summed E-state index contributed by atoms with van der Waals surface area (Å²) in [6.45, 7) is 7.01. The molecule has 4 rings (SSSR count). The van der Waals surface area contributed by atoms with Gasteiger partial charge in [0.05, 0.1) is 5.75 Å². The van der Waals surface area contributed by atoms with E-state index in [1.807, 2.05) is 67.3 Å². The molecule has 9 heteroatoms. The molecule has 1 aliphatic heterocycles. The van der Waals surface area contributed by atoms with Crippen molar-refractivity contribution in [1.82, 2.24) is 15.1 Å². The average molecular weight is 466 g/mol. The third-order valence-corrected chi connectivity index (χ3v) is 6.30. The summed E-state index contributed by atoms with van der Waals surface area (Å²) >= 11 is 1.20. The molecule has 0 atom stereocenters. The first-order chi connectivity index (χ1) is 16.0. The summed E-state index contributed by atoms with van der Waals surface area (Å²) in [7, 11) is 0. The highest BCUT2D eigenvalue weighted by molar-refractivity contribution is 7.99. The van der Waals surface area contributed by atoms with Crippen molar-refractivity contribution in [3.05, 3.63) is 54.1 Å². The monoisotopic (exact) mass is 465 g/mol. The Hall–Kier alpha value is -3.33. The Bertz CT molecular complexity index is 1090. The van der Waals surface area contributed by atoms with Gasteiger partial charge in [-0.25, -0.2) is 0 Å². The summed E-state index contributed by atoms with van der Waals surface area (Å²) in [5.41, 5.74) is 3.82. The number of carbonyl (C=O) groups excluding carboxylic acids is 2. The normalized spacial score (nSPS) is 13.8. The summed E-state index contributed by atoms with van der Waals surface area (Å²) in [5, 5.41) is 11.3. The van der Waals surface area contributed by atoms with E-state index >= 15 is 0 Å². The summed E-state index contributed by atoms with van der Waals surface area (Å²) in [5.74, 6) is 0.672. The van der Waals surface area contributed by atoms with Crippen LogP contribution in [-0.4, -0.2) is 58.8 Å². The van der Waals surface area contributed by atoms with Crippen LogP contribution in [0.1, 0.15) is 18.9 Å². The van der Waals surface area contributed by atoms with E-state index in [4.69, 9.17) is 4.42 Å². The Morgan fingerprint density at radius 1 is 1.00 bits per heavy atom. The number of amides is 2. The van der Waals surface area contributed by atoms with Crippen LogP contribution in [0.4, 0.5) is 11.4 Å². The maximum atomic E-state index is 12.3. The van der Waals surface area contributed by atoms with Crippen molar-refractivity contribution >= 4 is 35.0 Å². The molecule has 2 aromatic carbocycles. The van der Waals surface area contributed by atoms with Gasteiger partial charge in [0.1, 0.15) is 0 Å². The molecule has 2 heterocycles. The molecular weight excluding hydrogens is 438 g/mol. The third kappa shape index (κ3) is 5.92. The van der Waals surface area contributed by atoms with E-state index in [1.165, 1.54) is 11.8 Å². The van der Waals surface area contributed by atoms with Crippen LogP contribution in [-0.2, 0) is 9.59 Å². The fraction of sp³-hybridized carbons (Fsp3) is 0.333. The molecule has 33 heavy (non-hydrogen) atoms. The molecule has 0 spiro atoms. The number of carbonyl (C=O) groups is 2. The van der Waals surface area contributed by atoms with Gasteiger partial charge in [-0.3, -0.25) is 9.59 Å². The molecule has 3 aromatic rings. The van der Waals surface area contributed by atoms with E-state index in [2.05, 4.69) is 20.4 Å². The number of aromatic nitrogens is 2. The standard InChI is InChI=1S/C24H27N5O3S/c1-3-22(31)29-14-12-28(13-15-29)20-10-8-19(9-11-20)25-21(30)16-33-24-27-26-23(32-24)18-6-4-17(2)5-7-18/h4-11H,3,12-16H2,1-2H3,(H,25,30). The number of anilines is 2. The smallest absolute Gasteiger partial charge is 0.277 e. The Labute approximate surface area is 197 Å². The second kappa shape index (κ2) is 10.5. The quantitative estimate of drug-likeness (QED) is 0.530. The van der Waals surface area contributed by atoms with Crippen LogP contribution < -0.4 is 10.2 Å². The van der Waals surface area contributed by atoms with Gasteiger partial charge >= 0.3 is 0 Å². The third-order valence-electron chi connectivity index (χ3n) is 5.48. The lowest BCUT2D eigenvalue weighted by Gasteiger charge is -2.36. The van der Waals surface area contributed by atoms with Crippen molar-refractivity contribution in [2.45, 2.75) is 25.5 Å². The molecule has 1 aliphatic rings. The summed E-state index contributed by atoms with van der Waals surface area (Å²) in [6, 6.07) is 15.6. The predicted molar refractivity (Wildman–Crippen MR) is 129 cm³/mol. The number of nitrogens with one attached hydrogen (secondary N) is 1. The van der Waals surface area contributed by atoms with E-state index in [0.717, 1.165) is 48.7 Å². The van der Waals surface area contributed by atoms with E-state index in [-0.39, 0.29) is 17.6 Å². The lowest BCUT2D eigenvalue weighted by molar-refractivity contribution is -0.131. The fourth-order valence-corrected chi connectivity index (χ4v) is 4.16. The van der Waals surface area contributed by atoms with E-state index in [0.29, 0.717) is 17.5 Å². The van der Waals surface area contributed by atoms with E-state index < -0.39 is 0 Å². The first-order valence-electron chi connectivity index (χ1n) is 11.0. The Morgan fingerprint density at radius 2 is 1.70 bits per heavy atom. The molecule has 1 fully saturated rings. The van der Waals surface area contributed by atoms with Gasteiger partial charge in [0, 0.05) is 49.5 Å². The number of nitrogens with zero attached hydrogens (tertiary/aromatic N) is 4. The zero-order valence-electron chi connectivity index (χ0n) is 18.8. The number of benzene rings is 2. The molecule has 0 unspecified atom stereocenters. The maximum Gasteiger partial charge on any atom is 0.277 e. The zero-order valence-corrected chi connectivity index (χ0v) is 19.6. The molecule has 172 valence electrons. The van der Waals surface area contributed by atoms with Crippen molar-refractivity contribution in [2.75, 3.05) is 42.1 Å². The molecule has 1 N–H and O–H groups in total. The number of piperazine rings is 1. The number of hydrogen-bond donors (Lipinski definition) is 1. The number of aryl methyl sites for hydroxylation is 1. The largest absolute Gasteiger partial charge is 0.411 e. The topological polar surface area (TPSA) is 91.6 Å². The molecule has 2 amide bonds. The maximum absolute atomic E-state index is 12.3. The van der Waals surface area contributed by atoms with Crippen molar-refractivity contribution in [2.24, 2.45) is 0 Å². The first kappa shape index (κ1) is 22.8.